The Labute approximate surface area is 635 Å². The van der Waals surface area contributed by atoms with Crippen molar-refractivity contribution in [2.45, 2.75) is 162 Å². The summed E-state index contributed by atoms with van der Waals surface area (Å²) in [6.07, 6.45) is 1.59. The standard InChI is InChI=1S/C79H107N7O23/c1-10-106-76(98)57-35-24-31-53(65(57)102-6)71(92)81-42-20-15-29-50(46-49(5)87)69(90)85-61(39-17-22-44-83-73(94)55-33-26-37-59(67(55)104-8)78(100)108-12-3)63(88)47-51(28-14-19-41-80)70(91)86-62(40-18-23-45-84-74(95)56-34-27-38-60(68(56)105-9)79(101)109-13-4)64(89)48-52(75(96)97)30-16-21-43-82-72(93)54-32-25-36-58(66(54)103-7)77(99)107-11-2/h24-27,31-38,50-52,61-62H,10-23,28-30,39-48,80H2,1-9H3,(H,81,92)(H,82,93)(H,83,94)(H,84,95)(H,85,90)(H,86,91)(H,96,97). The molecule has 0 aromatic heterocycles. The molecule has 4 aromatic carbocycles. The van der Waals surface area contributed by atoms with Crippen molar-refractivity contribution in [2.75, 3.05) is 87.6 Å². The summed E-state index contributed by atoms with van der Waals surface area (Å²) in [6, 6.07) is 15.1. The highest BCUT2D eigenvalue weighted by atomic mass is 16.6. The van der Waals surface area contributed by atoms with Gasteiger partial charge in [-0.1, -0.05) is 43.5 Å². The van der Waals surface area contributed by atoms with E-state index in [1.807, 2.05) is 0 Å². The van der Waals surface area contributed by atoms with Gasteiger partial charge in [-0.2, -0.15) is 0 Å². The summed E-state index contributed by atoms with van der Waals surface area (Å²) in [7, 11) is 5.23. The average Bonchev–Trinajstić information content (AvgIpc) is 0.837. The molecule has 0 saturated carbocycles. The average molecular weight is 1520 g/mol. The largest absolute Gasteiger partial charge is 0.495 e. The summed E-state index contributed by atoms with van der Waals surface area (Å²) in [5.74, 6) is -12.7. The van der Waals surface area contributed by atoms with Gasteiger partial charge in [0.1, 0.15) is 51.0 Å². The molecule has 6 amide bonds. The second-order valence-electron chi connectivity index (χ2n) is 25.5. The van der Waals surface area contributed by atoms with Crippen molar-refractivity contribution in [3.8, 4) is 23.0 Å². The minimum atomic E-state index is -1.33. The third-order valence-electron chi connectivity index (χ3n) is 17.7. The number of nitrogens with one attached hydrogen (secondary N) is 6. The van der Waals surface area contributed by atoms with Crippen LogP contribution in [-0.4, -0.2) is 187 Å². The van der Waals surface area contributed by atoms with Crippen LogP contribution in [0.15, 0.2) is 72.8 Å². The van der Waals surface area contributed by atoms with Crippen LogP contribution in [0.2, 0.25) is 0 Å². The molecule has 596 valence electrons. The maximum absolute atomic E-state index is 15.0. The van der Waals surface area contributed by atoms with Gasteiger partial charge in [0, 0.05) is 57.3 Å². The molecule has 0 spiro atoms. The molecule has 4 rings (SSSR count). The molecule has 5 atom stereocenters. The van der Waals surface area contributed by atoms with E-state index < -0.39 is 120 Å². The first-order chi connectivity index (χ1) is 52.4. The smallest absolute Gasteiger partial charge is 0.341 e. The molecule has 0 fully saturated rings. The molecule has 0 aliphatic carbocycles. The van der Waals surface area contributed by atoms with Crippen molar-refractivity contribution in [2.24, 2.45) is 23.5 Å². The number of aliphatic carboxylic acids is 1. The molecule has 0 bridgehead atoms. The minimum absolute atomic E-state index is 0.00561. The fourth-order valence-corrected chi connectivity index (χ4v) is 12.2. The number of unbranched alkanes of at least 4 members (excludes halogenated alkanes) is 5. The molecule has 30 nitrogen and oxygen atoms in total. The molecule has 9 N–H and O–H groups in total. The molecule has 109 heavy (non-hydrogen) atoms. The summed E-state index contributed by atoms with van der Waals surface area (Å²) < 4.78 is 42.2. The van der Waals surface area contributed by atoms with Crippen LogP contribution in [-0.2, 0) is 47.7 Å². The normalized spacial score (nSPS) is 12.2. The lowest BCUT2D eigenvalue weighted by molar-refractivity contribution is -0.144. The molecule has 4 aromatic rings. The molecule has 0 aliphatic heterocycles. The molecule has 0 radical (unpaired) electrons. The van der Waals surface area contributed by atoms with Gasteiger partial charge < -0.3 is 85.4 Å². The van der Waals surface area contributed by atoms with E-state index in [0.717, 1.165) is 0 Å². The van der Waals surface area contributed by atoms with E-state index in [4.69, 9.17) is 43.6 Å². The molecule has 0 heterocycles. The number of hydrogen-bond donors (Lipinski definition) is 8. The van der Waals surface area contributed by atoms with Crippen LogP contribution in [0.25, 0.3) is 0 Å². The summed E-state index contributed by atoms with van der Waals surface area (Å²) >= 11 is 0. The van der Waals surface area contributed by atoms with Crippen molar-refractivity contribution >= 4 is 82.6 Å². The number of methoxy groups -OCH3 is 4. The van der Waals surface area contributed by atoms with Crippen LogP contribution >= 0.6 is 0 Å². The summed E-state index contributed by atoms with van der Waals surface area (Å²) in [5.41, 5.74) is 6.35. The predicted octanol–water partition coefficient (Wildman–Crippen LogP) is 8.06. The third kappa shape index (κ3) is 29.0. The third-order valence-corrected chi connectivity index (χ3v) is 17.7. The number of esters is 4. The number of para-hydroxylation sites is 4. The Morgan fingerprint density at radius 2 is 0.615 bits per heavy atom. The fourth-order valence-electron chi connectivity index (χ4n) is 12.2. The van der Waals surface area contributed by atoms with Gasteiger partial charge in [-0.3, -0.25) is 43.2 Å². The summed E-state index contributed by atoms with van der Waals surface area (Å²) in [5, 5.41) is 27.4. The van der Waals surface area contributed by atoms with Crippen molar-refractivity contribution in [3.63, 3.8) is 0 Å². The Bertz CT molecular complexity index is 3770. The topological polar surface area (TPSA) is 431 Å². The van der Waals surface area contributed by atoms with Gasteiger partial charge in [0.05, 0.1) is 95.1 Å². The summed E-state index contributed by atoms with van der Waals surface area (Å²) in [6.45, 7) is 8.67. The van der Waals surface area contributed by atoms with Crippen LogP contribution in [0.4, 0.5) is 0 Å². The number of benzene rings is 4. The number of amides is 6. The number of hydrogen-bond acceptors (Lipinski definition) is 23. The number of ether oxygens (including phenoxy) is 8. The number of Topliss-reactive ketones (excluding diaryl/α,β-unsaturated/α-hetero) is 3. The van der Waals surface area contributed by atoms with Gasteiger partial charge in [-0.15, -0.1) is 0 Å². The summed E-state index contributed by atoms with van der Waals surface area (Å²) in [4.78, 5) is 190. The van der Waals surface area contributed by atoms with Crippen molar-refractivity contribution in [3.05, 3.63) is 117 Å². The zero-order chi connectivity index (χ0) is 80.4. The zero-order valence-electron chi connectivity index (χ0n) is 63.9. The first kappa shape index (κ1) is 90.6. The van der Waals surface area contributed by atoms with E-state index in [1.165, 1.54) is 108 Å². The second kappa shape index (κ2) is 49.2. The Kier molecular flexibility index (Phi) is 40.9. The highest BCUT2D eigenvalue weighted by Gasteiger charge is 2.34. The molecule has 0 saturated heterocycles. The van der Waals surface area contributed by atoms with Gasteiger partial charge in [0.25, 0.3) is 23.6 Å². The molecular formula is C79H107N7O23. The van der Waals surface area contributed by atoms with Crippen LogP contribution in [0.5, 0.6) is 23.0 Å². The molecule has 5 unspecified atom stereocenters. The van der Waals surface area contributed by atoms with E-state index in [-0.39, 0.29) is 209 Å². The Hall–Kier alpha value is -10.8. The van der Waals surface area contributed by atoms with E-state index >= 15 is 4.79 Å². The van der Waals surface area contributed by atoms with Crippen molar-refractivity contribution in [1.82, 2.24) is 31.9 Å². The van der Waals surface area contributed by atoms with Gasteiger partial charge in [-0.25, -0.2) is 19.2 Å². The number of carbonyl (C=O) groups is 14. The Morgan fingerprint density at radius 1 is 0.358 bits per heavy atom. The lowest BCUT2D eigenvalue weighted by Gasteiger charge is -2.26. The molecule has 30 heteroatoms. The number of carboxylic acid groups (broad SMARTS) is 1. The molecule has 0 aliphatic rings. The van der Waals surface area contributed by atoms with E-state index in [2.05, 4.69) is 31.9 Å². The number of nitrogens with two attached hydrogens (primary N) is 1. The van der Waals surface area contributed by atoms with Gasteiger partial charge in [0.15, 0.2) is 11.6 Å². The van der Waals surface area contributed by atoms with Crippen LogP contribution < -0.4 is 56.6 Å². The number of rotatable bonds is 53. The van der Waals surface area contributed by atoms with Crippen LogP contribution in [0, 0.1) is 17.8 Å². The monoisotopic (exact) mass is 1520 g/mol. The zero-order valence-corrected chi connectivity index (χ0v) is 63.9. The number of ketones is 3. The predicted molar refractivity (Wildman–Crippen MR) is 400 cm³/mol. The number of carboxylic acids is 1. The highest BCUT2D eigenvalue weighted by Crippen LogP contribution is 2.30. The van der Waals surface area contributed by atoms with Gasteiger partial charge >= 0.3 is 29.8 Å². The SMILES string of the molecule is CCOC(=O)c1cccc(C(=O)NCCCCC(CC(=O)C(CCCCNC(=O)c2cccc(C(=O)OCC)c2OC)NC(=O)C(CCCCN)CC(=O)C(CCCCNC(=O)c2cccc(C(=O)OCC)c2OC)NC(=O)C(CCCCNC(=O)c2cccc(C(=O)OCC)c2OC)CC(C)=O)C(=O)O)c1OC. The maximum atomic E-state index is 15.0. The maximum Gasteiger partial charge on any atom is 0.341 e. The van der Waals surface area contributed by atoms with Gasteiger partial charge in [-0.05, 0) is 167 Å². The highest BCUT2D eigenvalue weighted by molar-refractivity contribution is 6.05. The molecular weight excluding hydrogens is 1410 g/mol. The van der Waals surface area contributed by atoms with E-state index in [1.54, 1.807) is 27.7 Å². The fraction of sp³-hybridized carbons (Fsp3) is 0.519. The quantitative estimate of drug-likeness (QED) is 0.0118. The van der Waals surface area contributed by atoms with Crippen molar-refractivity contribution < 1.29 is 110 Å². The minimum Gasteiger partial charge on any atom is -0.495 e. The Morgan fingerprint density at radius 3 is 0.881 bits per heavy atom. The van der Waals surface area contributed by atoms with Crippen molar-refractivity contribution in [1.29, 1.82) is 0 Å². The van der Waals surface area contributed by atoms with E-state index in [9.17, 15) is 67.4 Å². The number of carbonyl (C=O) groups excluding carboxylic acids is 13. The first-order valence-electron chi connectivity index (χ1n) is 37.0. The van der Waals surface area contributed by atoms with Gasteiger partial charge in [0.2, 0.25) is 11.8 Å². The lowest BCUT2D eigenvalue weighted by atomic mass is 9.89. The lowest BCUT2D eigenvalue weighted by Crippen LogP contribution is -2.47. The van der Waals surface area contributed by atoms with Crippen LogP contribution in [0.3, 0.4) is 0 Å². The van der Waals surface area contributed by atoms with E-state index in [0.29, 0.717) is 25.7 Å². The van der Waals surface area contributed by atoms with Crippen LogP contribution in [0.1, 0.15) is 233 Å². The first-order valence-corrected chi connectivity index (χ1v) is 37.0. The Balaban J connectivity index is 1.62. The second-order valence-corrected chi connectivity index (χ2v) is 25.5.